The van der Waals surface area contributed by atoms with Crippen LogP contribution in [0.15, 0.2) is 42.5 Å². The van der Waals surface area contributed by atoms with Gasteiger partial charge in [0, 0.05) is 13.5 Å². The molecule has 2 unspecified atom stereocenters. The van der Waals surface area contributed by atoms with E-state index in [0.717, 1.165) is 5.56 Å². The molecular weight excluding hydrogens is 272 g/mol. The Morgan fingerprint density at radius 2 is 1.90 bits per heavy atom. The van der Waals surface area contributed by atoms with Crippen LogP contribution in [0.1, 0.15) is 19.4 Å². The summed E-state index contributed by atoms with van der Waals surface area (Å²) >= 11 is 0. The van der Waals surface area contributed by atoms with Gasteiger partial charge in [-0.15, -0.1) is 0 Å². The zero-order chi connectivity index (χ0) is 15.7. The van der Waals surface area contributed by atoms with Gasteiger partial charge in [-0.05, 0) is 19.4 Å². The third kappa shape index (κ3) is 6.08. The summed E-state index contributed by atoms with van der Waals surface area (Å²) in [7, 11) is 1.53. The molecule has 1 rings (SSSR count). The van der Waals surface area contributed by atoms with E-state index in [-0.39, 0.29) is 5.57 Å². The monoisotopic (exact) mass is 294 g/mol. The van der Waals surface area contributed by atoms with Gasteiger partial charge in [0.1, 0.15) is 6.10 Å². The van der Waals surface area contributed by atoms with E-state index in [2.05, 4.69) is 6.58 Å². The Bertz CT molecular complexity index is 443. The number of hydrogen-bond acceptors (Lipinski definition) is 5. The molecule has 0 fully saturated rings. The summed E-state index contributed by atoms with van der Waals surface area (Å²) in [6, 6.07) is 9.75. The van der Waals surface area contributed by atoms with Crippen LogP contribution in [0.2, 0.25) is 0 Å². The number of ether oxygens (including phenoxy) is 2. The van der Waals surface area contributed by atoms with Crippen LogP contribution in [0.4, 0.5) is 0 Å². The van der Waals surface area contributed by atoms with Crippen molar-refractivity contribution in [1.82, 2.24) is 0 Å². The van der Waals surface area contributed by atoms with Gasteiger partial charge in [0.05, 0.1) is 12.2 Å². The Kier molecular flexibility index (Phi) is 7.68. The van der Waals surface area contributed by atoms with Gasteiger partial charge in [0.2, 0.25) is 0 Å². The Morgan fingerprint density at radius 3 is 2.48 bits per heavy atom. The third-order valence-electron chi connectivity index (χ3n) is 2.84. The summed E-state index contributed by atoms with van der Waals surface area (Å²) in [6.45, 7) is 7.32. The Hall–Kier alpha value is -1.69. The fraction of sp³-hybridized carbons (Fsp3) is 0.438. The molecule has 0 spiro atoms. The molecule has 5 heteroatoms. The van der Waals surface area contributed by atoms with Gasteiger partial charge in [-0.3, -0.25) is 0 Å². The number of hydrogen-bond donors (Lipinski definition) is 0. The number of carbonyl (C=O) groups is 1. The van der Waals surface area contributed by atoms with Crippen molar-refractivity contribution in [2.24, 2.45) is 0 Å². The Balaban J connectivity index is 2.44. The SMILES string of the molecule is C=C(C(=O)OCC)C(C)OOC(Cc1ccccc1)OC. The first-order valence-electron chi connectivity index (χ1n) is 6.83. The predicted octanol–water partition coefficient (Wildman–Crippen LogP) is 2.66. The summed E-state index contributed by atoms with van der Waals surface area (Å²) in [5.41, 5.74) is 1.26. The topological polar surface area (TPSA) is 54.0 Å². The molecule has 0 aliphatic carbocycles. The second-order valence-corrected chi connectivity index (χ2v) is 4.44. The highest BCUT2D eigenvalue weighted by Gasteiger charge is 2.19. The average Bonchev–Trinajstić information content (AvgIpc) is 2.51. The normalized spacial score (nSPS) is 13.5. The highest BCUT2D eigenvalue weighted by atomic mass is 17.2. The van der Waals surface area contributed by atoms with Gasteiger partial charge in [0.25, 0.3) is 0 Å². The minimum atomic E-state index is -0.613. The number of carbonyl (C=O) groups excluding carboxylic acids is 1. The molecule has 0 saturated carbocycles. The maximum Gasteiger partial charge on any atom is 0.336 e. The van der Waals surface area contributed by atoms with Crippen LogP contribution in [0.3, 0.4) is 0 Å². The number of benzene rings is 1. The maximum atomic E-state index is 11.5. The van der Waals surface area contributed by atoms with Crippen molar-refractivity contribution in [3.05, 3.63) is 48.0 Å². The van der Waals surface area contributed by atoms with Gasteiger partial charge < -0.3 is 9.47 Å². The first kappa shape index (κ1) is 17.4. The van der Waals surface area contributed by atoms with Crippen LogP contribution in [0.25, 0.3) is 0 Å². The van der Waals surface area contributed by atoms with Crippen molar-refractivity contribution < 1.29 is 24.0 Å². The lowest BCUT2D eigenvalue weighted by Crippen LogP contribution is -2.25. The molecule has 0 saturated heterocycles. The standard InChI is InChI=1S/C16H22O5/c1-5-19-16(17)12(2)13(3)20-21-15(18-4)11-14-9-7-6-8-10-14/h6-10,13,15H,2,5,11H2,1,3-4H3. The largest absolute Gasteiger partial charge is 0.463 e. The van der Waals surface area contributed by atoms with E-state index >= 15 is 0 Å². The zero-order valence-electron chi connectivity index (χ0n) is 12.7. The first-order chi connectivity index (χ1) is 10.1. The molecule has 2 atom stereocenters. The number of esters is 1. The van der Waals surface area contributed by atoms with E-state index in [1.54, 1.807) is 13.8 Å². The molecule has 21 heavy (non-hydrogen) atoms. The molecular formula is C16H22O5. The van der Waals surface area contributed by atoms with Gasteiger partial charge in [-0.2, -0.15) is 0 Å². The fourth-order valence-corrected chi connectivity index (χ4v) is 1.56. The van der Waals surface area contributed by atoms with Crippen molar-refractivity contribution in [1.29, 1.82) is 0 Å². The van der Waals surface area contributed by atoms with Gasteiger partial charge in [-0.25, -0.2) is 14.6 Å². The summed E-state index contributed by atoms with van der Waals surface area (Å²) < 4.78 is 10.0. The zero-order valence-corrected chi connectivity index (χ0v) is 12.7. The van der Waals surface area contributed by atoms with Crippen LogP contribution in [0.5, 0.6) is 0 Å². The lowest BCUT2D eigenvalue weighted by atomic mass is 10.1. The molecule has 116 valence electrons. The van der Waals surface area contributed by atoms with Crippen LogP contribution in [-0.2, 0) is 30.5 Å². The van der Waals surface area contributed by atoms with Crippen LogP contribution < -0.4 is 0 Å². The Morgan fingerprint density at radius 1 is 1.24 bits per heavy atom. The predicted molar refractivity (Wildman–Crippen MR) is 78.3 cm³/mol. The highest BCUT2D eigenvalue weighted by molar-refractivity contribution is 5.88. The Labute approximate surface area is 125 Å². The molecule has 0 aliphatic heterocycles. The molecule has 1 aromatic rings. The molecule has 5 nitrogen and oxygen atoms in total. The molecule has 0 radical (unpaired) electrons. The van der Waals surface area contributed by atoms with Crippen molar-refractivity contribution in [2.75, 3.05) is 13.7 Å². The van der Waals surface area contributed by atoms with Crippen molar-refractivity contribution in [3.8, 4) is 0 Å². The number of methoxy groups -OCH3 is 1. The van der Waals surface area contributed by atoms with E-state index < -0.39 is 18.4 Å². The molecule has 0 heterocycles. The lowest BCUT2D eigenvalue weighted by molar-refractivity contribution is -0.386. The highest BCUT2D eigenvalue weighted by Crippen LogP contribution is 2.11. The van der Waals surface area contributed by atoms with Crippen LogP contribution >= 0.6 is 0 Å². The van der Waals surface area contributed by atoms with E-state index in [9.17, 15) is 4.79 Å². The van der Waals surface area contributed by atoms with Crippen molar-refractivity contribution >= 4 is 5.97 Å². The fourth-order valence-electron chi connectivity index (χ4n) is 1.56. The van der Waals surface area contributed by atoms with E-state index in [0.29, 0.717) is 13.0 Å². The summed E-state index contributed by atoms with van der Waals surface area (Å²) in [6.07, 6.45) is -0.641. The molecule has 0 amide bonds. The van der Waals surface area contributed by atoms with Gasteiger partial charge in [0.15, 0.2) is 6.29 Å². The molecule has 0 aromatic heterocycles. The number of rotatable bonds is 9. The minimum Gasteiger partial charge on any atom is -0.463 e. The second kappa shape index (κ2) is 9.28. The molecule has 0 aliphatic rings. The second-order valence-electron chi connectivity index (χ2n) is 4.44. The van der Waals surface area contributed by atoms with Gasteiger partial charge in [-0.1, -0.05) is 36.9 Å². The summed E-state index contributed by atoms with van der Waals surface area (Å²) in [5, 5.41) is 0. The van der Waals surface area contributed by atoms with E-state index in [1.807, 2.05) is 30.3 Å². The summed E-state index contributed by atoms with van der Waals surface area (Å²) in [5.74, 6) is -0.495. The molecule has 0 bridgehead atoms. The average molecular weight is 294 g/mol. The quantitative estimate of drug-likeness (QED) is 0.230. The maximum absolute atomic E-state index is 11.5. The first-order valence-corrected chi connectivity index (χ1v) is 6.83. The molecule has 1 aromatic carbocycles. The smallest absolute Gasteiger partial charge is 0.336 e. The minimum absolute atomic E-state index is 0.200. The lowest BCUT2D eigenvalue weighted by Gasteiger charge is -2.19. The van der Waals surface area contributed by atoms with Crippen molar-refractivity contribution in [2.45, 2.75) is 32.7 Å². The van der Waals surface area contributed by atoms with Crippen molar-refractivity contribution in [3.63, 3.8) is 0 Å². The van der Waals surface area contributed by atoms with E-state index in [4.69, 9.17) is 19.2 Å². The van der Waals surface area contributed by atoms with E-state index in [1.165, 1.54) is 7.11 Å². The third-order valence-corrected chi connectivity index (χ3v) is 2.84. The van der Waals surface area contributed by atoms with Crippen LogP contribution in [0, 0.1) is 0 Å². The molecule has 0 N–H and O–H groups in total. The van der Waals surface area contributed by atoms with Crippen LogP contribution in [-0.4, -0.2) is 32.1 Å². The summed E-state index contributed by atoms with van der Waals surface area (Å²) in [4.78, 5) is 21.9. The van der Waals surface area contributed by atoms with Gasteiger partial charge >= 0.3 is 5.97 Å².